The highest BCUT2D eigenvalue weighted by molar-refractivity contribution is 8.00. The first-order valence-electron chi connectivity index (χ1n) is 7.17. The Morgan fingerprint density at radius 1 is 1.32 bits per heavy atom. The van der Waals surface area contributed by atoms with Gasteiger partial charge in [-0.3, -0.25) is 14.3 Å². The van der Waals surface area contributed by atoms with Gasteiger partial charge in [0.05, 0.1) is 6.54 Å². The van der Waals surface area contributed by atoms with Crippen LogP contribution in [0.3, 0.4) is 0 Å². The highest BCUT2D eigenvalue weighted by Gasteiger charge is 2.12. The molecule has 2 aromatic rings. The molecular formula is C16H21N3O2S. The van der Waals surface area contributed by atoms with Gasteiger partial charge in [0.2, 0.25) is 0 Å². The standard InChI is InChI=1S/C16H21N3O2S/c1-10-6-11(2)15(22-12(3)8-17)13(7-10)9-19-5-4-14(20)18-16(19)21/h4-7,12H,8-9,17H2,1-3H3,(H,18,20,21). The number of aromatic amines is 1. The molecule has 0 radical (unpaired) electrons. The Bertz CT molecular complexity index is 780. The lowest BCUT2D eigenvalue weighted by Gasteiger charge is -2.17. The lowest BCUT2D eigenvalue weighted by Crippen LogP contribution is -2.29. The molecule has 0 saturated heterocycles. The van der Waals surface area contributed by atoms with Crippen molar-refractivity contribution in [2.24, 2.45) is 5.73 Å². The minimum absolute atomic E-state index is 0.299. The summed E-state index contributed by atoms with van der Waals surface area (Å²) in [6.07, 6.45) is 1.53. The lowest BCUT2D eigenvalue weighted by molar-refractivity contribution is 0.710. The Hall–Kier alpha value is -1.79. The molecule has 1 heterocycles. The quantitative estimate of drug-likeness (QED) is 0.821. The molecule has 0 saturated carbocycles. The average Bonchev–Trinajstić information content (AvgIpc) is 2.45. The van der Waals surface area contributed by atoms with Crippen LogP contribution in [0.4, 0.5) is 0 Å². The van der Waals surface area contributed by atoms with Gasteiger partial charge in [-0.05, 0) is 25.0 Å². The van der Waals surface area contributed by atoms with Crippen molar-refractivity contribution in [3.63, 3.8) is 0 Å². The molecule has 0 aliphatic carbocycles. The Morgan fingerprint density at radius 3 is 2.68 bits per heavy atom. The van der Waals surface area contributed by atoms with Crippen LogP contribution in [0.15, 0.2) is 38.9 Å². The number of thioether (sulfide) groups is 1. The minimum atomic E-state index is -0.394. The molecule has 0 spiro atoms. The monoisotopic (exact) mass is 319 g/mol. The zero-order valence-electron chi connectivity index (χ0n) is 13.1. The number of hydrogen-bond donors (Lipinski definition) is 2. The van der Waals surface area contributed by atoms with Gasteiger partial charge in [-0.1, -0.05) is 24.6 Å². The predicted molar refractivity (Wildman–Crippen MR) is 90.7 cm³/mol. The van der Waals surface area contributed by atoms with E-state index in [1.807, 2.05) is 6.92 Å². The molecule has 0 amide bonds. The van der Waals surface area contributed by atoms with Gasteiger partial charge >= 0.3 is 5.69 Å². The van der Waals surface area contributed by atoms with Crippen molar-refractivity contribution in [2.45, 2.75) is 37.5 Å². The first-order valence-corrected chi connectivity index (χ1v) is 8.05. The van der Waals surface area contributed by atoms with Crippen molar-refractivity contribution in [3.8, 4) is 0 Å². The molecule has 1 atom stereocenters. The molecular weight excluding hydrogens is 298 g/mol. The van der Waals surface area contributed by atoms with E-state index in [4.69, 9.17) is 5.73 Å². The van der Waals surface area contributed by atoms with Gasteiger partial charge in [-0.25, -0.2) is 4.79 Å². The van der Waals surface area contributed by atoms with Crippen LogP contribution in [-0.4, -0.2) is 21.3 Å². The summed E-state index contributed by atoms with van der Waals surface area (Å²) in [5, 5.41) is 0.299. The van der Waals surface area contributed by atoms with E-state index in [1.165, 1.54) is 22.4 Å². The van der Waals surface area contributed by atoms with E-state index < -0.39 is 5.69 Å². The zero-order valence-corrected chi connectivity index (χ0v) is 13.9. The van der Waals surface area contributed by atoms with Crippen LogP contribution in [-0.2, 0) is 6.54 Å². The van der Waals surface area contributed by atoms with Crippen LogP contribution in [0, 0.1) is 13.8 Å². The van der Waals surface area contributed by atoms with E-state index >= 15 is 0 Å². The van der Waals surface area contributed by atoms with Gasteiger partial charge in [-0.2, -0.15) is 0 Å². The number of aryl methyl sites for hydroxylation is 2. The molecule has 0 aliphatic rings. The Labute approximate surface area is 133 Å². The van der Waals surface area contributed by atoms with Crippen LogP contribution in [0.25, 0.3) is 0 Å². The number of benzene rings is 1. The third kappa shape index (κ3) is 3.90. The number of rotatable bonds is 5. The third-order valence-corrected chi connectivity index (χ3v) is 4.80. The maximum Gasteiger partial charge on any atom is 0.328 e. The van der Waals surface area contributed by atoms with Gasteiger partial charge < -0.3 is 5.73 Å². The van der Waals surface area contributed by atoms with Crippen molar-refractivity contribution in [2.75, 3.05) is 6.54 Å². The fraction of sp³-hybridized carbons (Fsp3) is 0.375. The number of nitrogens with two attached hydrogens (primary N) is 1. The summed E-state index contributed by atoms with van der Waals surface area (Å²) in [4.78, 5) is 26.5. The molecule has 0 bridgehead atoms. The Kier molecular flexibility index (Phi) is 5.26. The van der Waals surface area contributed by atoms with Gasteiger partial charge in [0.1, 0.15) is 0 Å². The highest BCUT2D eigenvalue weighted by Crippen LogP contribution is 2.31. The third-order valence-electron chi connectivity index (χ3n) is 3.38. The largest absolute Gasteiger partial charge is 0.329 e. The SMILES string of the molecule is Cc1cc(C)c(SC(C)CN)c(Cn2ccc(=O)[nH]c2=O)c1. The van der Waals surface area contributed by atoms with Crippen molar-refractivity contribution in [3.05, 3.63) is 61.9 Å². The van der Waals surface area contributed by atoms with Crippen LogP contribution in [0.2, 0.25) is 0 Å². The topological polar surface area (TPSA) is 80.9 Å². The van der Waals surface area contributed by atoms with Gasteiger partial charge in [0.25, 0.3) is 5.56 Å². The molecule has 118 valence electrons. The van der Waals surface area contributed by atoms with Gasteiger partial charge in [0, 0.05) is 29.0 Å². The second-order valence-electron chi connectivity index (χ2n) is 5.47. The first-order chi connectivity index (χ1) is 10.4. The fourth-order valence-electron chi connectivity index (χ4n) is 2.33. The molecule has 5 nitrogen and oxygen atoms in total. The van der Waals surface area contributed by atoms with Gasteiger partial charge in [0.15, 0.2) is 0 Å². The summed E-state index contributed by atoms with van der Waals surface area (Å²) < 4.78 is 1.51. The van der Waals surface area contributed by atoms with Crippen LogP contribution < -0.4 is 17.0 Å². The van der Waals surface area contributed by atoms with Crippen molar-refractivity contribution in [1.82, 2.24) is 9.55 Å². The first kappa shape index (κ1) is 16.6. The average molecular weight is 319 g/mol. The number of nitrogens with zero attached hydrogens (tertiary/aromatic N) is 1. The normalized spacial score (nSPS) is 12.4. The molecule has 0 aliphatic heterocycles. The zero-order chi connectivity index (χ0) is 16.3. The maximum atomic E-state index is 11.9. The van der Waals surface area contributed by atoms with E-state index in [1.54, 1.807) is 11.8 Å². The molecule has 3 N–H and O–H groups in total. The molecule has 1 aromatic heterocycles. The summed E-state index contributed by atoms with van der Waals surface area (Å²) in [5.41, 5.74) is 8.35. The second-order valence-corrected chi connectivity index (χ2v) is 6.92. The molecule has 1 aromatic carbocycles. The Balaban J connectivity index is 2.44. The lowest BCUT2D eigenvalue weighted by atomic mass is 10.1. The van der Waals surface area contributed by atoms with E-state index in [2.05, 4.69) is 31.0 Å². The predicted octanol–water partition coefficient (Wildman–Crippen LogP) is 1.64. The van der Waals surface area contributed by atoms with E-state index in [0.717, 1.165) is 16.0 Å². The highest BCUT2D eigenvalue weighted by atomic mass is 32.2. The Morgan fingerprint density at radius 2 is 2.05 bits per heavy atom. The van der Waals surface area contributed by atoms with Crippen molar-refractivity contribution in [1.29, 1.82) is 0 Å². The van der Waals surface area contributed by atoms with Crippen LogP contribution in [0.1, 0.15) is 23.6 Å². The summed E-state index contributed by atoms with van der Waals surface area (Å²) in [5.74, 6) is 0. The molecule has 1 unspecified atom stereocenters. The minimum Gasteiger partial charge on any atom is -0.329 e. The summed E-state index contributed by atoms with van der Waals surface area (Å²) >= 11 is 1.72. The number of hydrogen-bond acceptors (Lipinski definition) is 4. The summed E-state index contributed by atoms with van der Waals surface area (Å²) in [7, 11) is 0. The van der Waals surface area contributed by atoms with E-state index in [0.29, 0.717) is 18.3 Å². The van der Waals surface area contributed by atoms with E-state index in [9.17, 15) is 9.59 Å². The summed E-state index contributed by atoms with van der Waals surface area (Å²) in [6, 6.07) is 5.57. The number of H-pyrrole nitrogens is 1. The second kappa shape index (κ2) is 6.98. The molecule has 6 heteroatoms. The molecule has 0 fully saturated rings. The number of aromatic nitrogens is 2. The molecule has 22 heavy (non-hydrogen) atoms. The maximum absolute atomic E-state index is 11.9. The van der Waals surface area contributed by atoms with Gasteiger partial charge in [-0.15, -0.1) is 11.8 Å². The van der Waals surface area contributed by atoms with Crippen LogP contribution >= 0.6 is 11.8 Å². The van der Waals surface area contributed by atoms with Crippen molar-refractivity contribution < 1.29 is 0 Å². The number of nitrogens with one attached hydrogen (secondary N) is 1. The van der Waals surface area contributed by atoms with E-state index in [-0.39, 0.29) is 5.56 Å². The van der Waals surface area contributed by atoms with Crippen molar-refractivity contribution >= 4 is 11.8 Å². The fourth-order valence-corrected chi connectivity index (χ4v) is 3.35. The smallest absolute Gasteiger partial charge is 0.328 e. The van der Waals surface area contributed by atoms with Crippen LogP contribution in [0.5, 0.6) is 0 Å². The summed E-state index contributed by atoms with van der Waals surface area (Å²) in [6.45, 7) is 7.21. The molecule has 2 rings (SSSR count).